The molecule has 3 N–H and O–H groups in total. The SMILES string of the molecule is CCOc1ccc(Nc2cc(N[C@H]3CCCNC3)c(C#N)c3ccnn23)cc1. The first-order valence-electron chi connectivity index (χ1n) is 9.66. The van der Waals surface area contributed by atoms with Crippen LogP contribution in [-0.2, 0) is 0 Å². The smallest absolute Gasteiger partial charge is 0.134 e. The molecule has 1 aliphatic rings. The molecule has 28 heavy (non-hydrogen) atoms. The maximum absolute atomic E-state index is 9.74. The van der Waals surface area contributed by atoms with Gasteiger partial charge in [0.1, 0.15) is 23.2 Å². The quantitative estimate of drug-likeness (QED) is 0.610. The summed E-state index contributed by atoms with van der Waals surface area (Å²) in [6.45, 7) is 4.56. The number of ether oxygens (including phenoxy) is 1. The molecular formula is C21H24N6O. The average molecular weight is 376 g/mol. The van der Waals surface area contributed by atoms with Gasteiger partial charge in [-0.1, -0.05) is 0 Å². The highest BCUT2D eigenvalue weighted by molar-refractivity contribution is 5.78. The number of benzene rings is 1. The van der Waals surface area contributed by atoms with Crippen molar-refractivity contribution in [3.05, 3.63) is 48.2 Å². The van der Waals surface area contributed by atoms with E-state index in [2.05, 4.69) is 27.1 Å². The normalized spacial score (nSPS) is 16.5. The maximum atomic E-state index is 9.74. The first-order chi connectivity index (χ1) is 13.8. The number of pyridine rings is 1. The number of rotatable bonds is 6. The molecule has 1 saturated heterocycles. The summed E-state index contributed by atoms with van der Waals surface area (Å²) < 4.78 is 7.27. The van der Waals surface area contributed by atoms with E-state index >= 15 is 0 Å². The highest BCUT2D eigenvalue weighted by Gasteiger charge is 2.18. The van der Waals surface area contributed by atoms with Crippen molar-refractivity contribution in [1.29, 1.82) is 5.26 Å². The van der Waals surface area contributed by atoms with Crippen molar-refractivity contribution in [2.45, 2.75) is 25.8 Å². The van der Waals surface area contributed by atoms with Crippen LogP contribution < -0.4 is 20.7 Å². The minimum Gasteiger partial charge on any atom is -0.494 e. The number of hydrogen-bond acceptors (Lipinski definition) is 6. The van der Waals surface area contributed by atoms with Crippen molar-refractivity contribution in [2.75, 3.05) is 30.3 Å². The van der Waals surface area contributed by atoms with Crippen molar-refractivity contribution in [2.24, 2.45) is 0 Å². The zero-order chi connectivity index (χ0) is 19.3. The van der Waals surface area contributed by atoms with Crippen molar-refractivity contribution in [3.8, 4) is 11.8 Å². The predicted molar refractivity (Wildman–Crippen MR) is 110 cm³/mol. The van der Waals surface area contributed by atoms with Gasteiger partial charge in [0.05, 0.1) is 24.0 Å². The van der Waals surface area contributed by atoms with Crippen molar-refractivity contribution in [3.63, 3.8) is 0 Å². The van der Waals surface area contributed by atoms with E-state index in [9.17, 15) is 5.26 Å². The second-order valence-corrected chi connectivity index (χ2v) is 6.83. The first-order valence-corrected chi connectivity index (χ1v) is 9.66. The molecule has 2 aromatic heterocycles. The Morgan fingerprint density at radius 1 is 1.32 bits per heavy atom. The minimum atomic E-state index is 0.310. The molecular weight excluding hydrogens is 352 g/mol. The van der Waals surface area contributed by atoms with Gasteiger partial charge in [-0.3, -0.25) is 0 Å². The first kappa shape index (κ1) is 18.1. The van der Waals surface area contributed by atoms with Gasteiger partial charge in [0.15, 0.2) is 0 Å². The van der Waals surface area contributed by atoms with E-state index in [0.29, 0.717) is 18.2 Å². The van der Waals surface area contributed by atoms with Gasteiger partial charge in [0.2, 0.25) is 0 Å². The summed E-state index contributed by atoms with van der Waals surface area (Å²) in [6, 6.07) is 14.3. The Kier molecular flexibility index (Phi) is 5.31. The molecule has 4 rings (SSSR count). The number of nitrogens with one attached hydrogen (secondary N) is 3. The van der Waals surface area contributed by atoms with Crippen LogP contribution in [0.25, 0.3) is 5.52 Å². The molecule has 0 spiro atoms. The Bertz CT molecular complexity index is 983. The van der Waals surface area contributed by atoms with Crippen molar-refractivity contribution in [1.82, 2.24) is 14.9 Å². The van der Waals surface area contributed by atoms with Crippen LogP contribution in [0.2, 0.25) is 0 Å². The molecule has 1 atom stereocenters. The fourth-order valence-electron chi connectivity index (χ4n) is 3.56. The van der Waals surface area contributed by atoms with Crippen LogP contribution in [0, 0.1) is 11.3 Å². The van der Waals surface area contributed by atoms with Gasteiger partial charge in [0.25, 0.3) is 0 Å². The highest BCUT2D eigenvalue weighted by atomic mass is 16.5. The van der Waals surface area contributed by atoms with E-state index in [4.69, 9.17) is 4.74 Å². The zero-order valence-corrected chi connectivity index (χ0v) is 15.9. The molecule has 1 aromatic carbocycles. The number of anilines is 3. The maximum Gasteiger partial charge on any atom is 0.134 e. The van der Waals surface area contributed by atoms with E-state index in [0.717, 1.165) is 54.4 Å². The molecule has 0 unspecified atom stereocenters. The molecule has 0 aliphatic carbocycles. The van der Waals surface area contributed by atoms with Crippen LogP contribution in [0.15, 0.2) is 42.6 Å². The minimum absolute atomic E-state index is 0.310. The zero-order valence-electron chi connectivity index (χ0n) is 15.9. The Hall–Kier alpha value is -3.24. The molecule has 1 fully saturated rings. The molecule has 1 aliphatic heterocycles. The molecule has 3 aromatic rings. The lowest BCUT2D eigenvalue weighted by molar-refractivity contribution is 0.340. The van der Waals surface area contributed by atoms with Gasteiger partial charge in [-0.25, -0.2) is 4.52 Å². The highest BCUT2D eigenvalue weighted by Crippen LogP contribution is 2.29. The van der Waals surface area contributed by atoms with Crippen LogP contribution in [0.4, 0.5) is 17.2 Å². The van der Waals surface area contributed by atoms with Crippen LogP contribution in [0.3, 0.4) is 0 Å². The van der Waals surface area contributed by atoms with Gasteiger partial charge in [-0.2, -0.15) is 10.4 Å². The third-order valence-corrected chi connectivity index (χ3v) is 4.88. The Balaban J connectivity index is 1.67. The van der Waals surface area contributed by atoms with Gasteiger partial charge in [-0.15, -0.1) is 0 Å². The lowest BCUT2D eigenvalue weighted by Gasteiger charge is -2.26. The van der Waals surface area contributed by atoms with E-state index in [-0.39, 0.29) is 0 Å². The third kappa shape index (κ3) is 3.73. The van der Waals surface area contributed by atoms with E-state index < -0.39 is 0 Å². The largest absolute Gasteiger partial charge is 0.494 e. The summed E-state index contributed by atoms with van der Waals surface area (Å²) in [7, 11) is 0. The molecule has 3 heterocycles. The van der Waals surface area contributed by atoms with Crippen LogP contribution in [-0.4, -0.2) is 35.4 Å². The second-order valence-electron chi connectivity index (χ2n) is 6.83. The lowest BCUT2D eigenvalue weighted by Crippen LogP contribution is -2.38. The predicted octanol–water partition coefficient (Wildman–Crippen LogP) is 3.51. The Morgan fingerprint density at radius 3 is 2.89 bits per heavy atom. The number of fused-ring (bicyclic) bond motifs is 1. The van der Waals surface area contributed by atoms with Gasteiger partial charge in [0, 0.05) is 24.3 Å². The molecule has 0 bridgehead atoms. The molecule has 0 amide bonds. The summed E-state index contributed by atoms with van der Waals surface area (Å²) >= 11 is 0. The van der Waals surface area contributed by atoms with E-state index in [1.807, 2.05) is 43.3 Å². The molecule has 7 heteroatoms. The number of nitriles is 1. The number of aromatic nitrogens is 2. The molecule has 7 nitrogen and oxygen atoms in total. The van der Waals surface area contributed by atoms with E-state index in [1.165, 1.54) is 0 Å². The second kappa shape index (κ2) is 8.19. The Morgan fingerprint density at radius 2 is 2.18 bits per heavy atom. The molecule has 0 radical (unpaired) electrons. The summed E-state index contributed by atoms with van der Waals surface area (Å²) in [4.78, 5) is 0. The lowest BCUT2D eigenvalue weighted by atomic mass is 10.1. The number of piperidine rings is 1. The van der Waals surface area contributed by atoms with Crippen LogP contribution in [0.1, 0.15) is 25.3 Å². The van der Waals surface area contributed by atoms with Gasteiger partial charge >= 0.3 is 0 Å². The third-order valence-electron chi connectivity index (χ3n) is 4.88. The van der Waals surface area contributed by atoms with Crippen LogP contribution >= 0.6 is 0 Å². The number of nitrogens with zero attached hydrogens (tertiary/aromatic N) is 3. The molecule has 0 saturated carbocycles. The molecule has 144 valence electrons. The summed E-state index contributed by atoms with van der Waals surface area (Å²) in [5.41, 5.74) is 3.15. The topological polar surface area (TPSA) is 86.4 Å². The fourth-order valence-corrected chi connectivity index (χ4v) is 3.56. The summed E-state index contributed by atoms with van der Waals surface area (Å²) in [5.74, 6) is 1.64. The number of hydrogen-bond donors (Lipinski definition) is 3. The van der Waals surface area contributed by atoms with Crippen LogP contribution in [0.5, 0.6) is 5.75 Å². The monoisotopic (exact) mass is 376 g/mol. The van der Waals surface area contributed by atoms with Gasteiger partial charge < -0.3 is 20.7 Å². The fraction of sp³-hybridized carbons (Fsp3) is 0.333. The standard InChI is InChI=1S/C21H24N6O/c1-2-28-17-7-5-15(6-8-17)26-21-12-19(25-16-4-3-10-23-14-16)18(13-22)20-9-11-24-27(20)21/h5-9,11-12,16,23,25-26H,2-4,10,14H2,1H3/t16-/m0/s1. The van der Waals surface area contributed by atoms with E-state index in [1.54, 1.807) is 10.7 Å². The Labute approximate surface area is 164 Å². The van der Waals surface area contributed by atoms with Crippen molar-refractivity contribution < 1.29 is 4.74 Å². The van der Waals surface area contributed by atoms with Crippen molar-refractivity contribution >= 4 is 22.7 Å². The average Bonchev–Trinajstić information content (AvgIpc) is 3.21. The summed E-state index contributed by atoms with van der Waals surface area (Å²) in [5, 5.41) is 24.5. The summed E-state index contributed by atoms with van der Waals surface area (Å²) in [6.07, 6.45) is 3.93. The van der Waals surface area contributed by atoms with Gasteiger partial charge in [-0.05, 0) is 56.6 Å².